The van der Waals surface area contributed by atoms with E-state index in [-0.39, 0.29) is 17.4 Å². The number of nitrogens with one attached hydrogen (secondary N) is 1. The number of H-pyrrole nitrogens is 1. The standard InChI is InChI=1S/C20H25F3N4O3Si/c1-13-24-15(10-26(13)12-30-7-8-31(2,3)4)11-27-17-9-14(20(21,22)23)5-6-16(17)18(28)25-19(27)29/h5-6,9-10H,7-8,11-12H2,1-4H3,(H,25,28,29). The number of rotatable bonds is 7. The smallest absolute Gasteiger partial charge is 0.361 e. The fourth-order valence-corrected chi connectivity index (χ4v) is 3.86. The monoisotopic (exact) mass is 454 g/mol. The molecule has 0 atom stereocenters. The molecule has 0 fully saturated rings. The summed E-state index contributed by atoms with van der Waals surface area (Å²) in [4.78, 5) is 31.0. The van der Waals surface area contributed by atoms with Gasteiger partial charge in [0, 0.05) is 20.9 Å². The first-order valence-electron chi connectivity index (χ1n) is 9.80. The Morgan fingerprint density at radius 3 is 2.55 bits per heavy atom. The zero-order valence-electron chi connectivity index (χ0n) is 17.8. The molecule has 0 unspecified atom stereocenters. The first kappa shape index (κ1) is 23.0. The van der Waals surface area contributed by atoms with Crippen molar-refractivity contribution in [2.45, 2.75) is 52.1 Å². The predicted octanol–water partition coefficient (Wildman–Crippen LogP) is 3.57. The van der Waals surface area contributed by atoms with E-state index in [1.807, 2.05) is 0 Å². The summed E-state index contributed by atoms with van der Waals surface area (Å²) in [5.41, 5.74) is -2.09. The van der Waals surface area contributed by atoms with Crippen LogP contribution < -0.4 is 11.2 Å². The zero-order valence-corrected chi connectivity index (χ0v) is 18.8. The Morgan fingerprint density at radius 2 is 1.90 bits per heavy atom. The molecule has 11 heteroatoms. The summed E-state index contributed by atoms with van der Waals surface area (Å²) in [6.07, 6.45) is -2.90. The zero-order chi connectivity index (χ0) is 23.0. The molecule has 0 bridgehead atoms. The number of ether oxygens (including phenoxy) is 1. The predicted molar refractivity (Wildman–Crippen MR) is 114 cm³/mol. The molecule has 0 saturated carbocycles. The molecular weight excluding hydrogens is 429 g/mol. The summed E-state index contributed by atoms with van der Waals surface area (Å²) >= 11 is 0. The van der Waals surface area contributed by atoms with Crippen molar-refractivity contribution in [2.75, 3.05) is 6.61 Å². The molecule has 0 radical (unpaired) electrons. The van der Waals surface area contributed by atoms with Gasteiger partial charge in [-0.1, -0.05) is 19.6 Å². The van der Waals surface area contributed by atoms with E-state index in [4.69, 9.17) is 4.74 Å². The lowest BCUT2D eigenvalue weighted by atomic mass is 10.1. The lowest BCUT2D eigenvalue weighted by Crippen LogP contribution is -2.31. The van der Waals surface area contributed by atoms with E-state index in [0.29, 0.717) is 24.9 Å². The minimum atomic E-state index is -4.59. The van der Waals surface area contributed by atoms with E-state index >= 15 is 0 Å². The summed E-state index contributed by atoms with van der Waals surface area (Å²) in [5.74, 6) is 0.653. The van der Waals surface area contributed by atoms with Gasteiger partial charge in [-0.25, -0.2) is 9.78 Å². The fraction of sp³-hybridized carbons (Fsp3) is 0.450. The molecule has 3 rings (SSSR count). The van der Waals surface area contributed by atoms with Gasteiger partial charge in [0.05, 0.1) is 28.7 Å². The average molecular weight is 455 g/mol. The van der Waals surface area contributed by atoms with Crippen LogP contribution in [0.25, 0.3) is 10.9 Å². The summed E-state index contributed by atoms with van der Waals surface area (Å²) in [6, 6.07) is 3.73. The van der Waals surface area contributed by atoms with Crippen molar-refractivity contribution >= 4 is 19.0 Å². The number of aryl methyl sites for hydroxylation is 1. The Morgan fingerprint density at radius 1 is 1.19 bits per heavy atom. The lowest BCUT2D eigenvalue weighted by molar-refractivity contribution is -0.137. The van der Waals surface area contributed by atoms with Gasteiger partial charge >= 0.3 is 11.9 Å². The molecule has 0 aliphatic heterocycles. The molecule has 2 heterocycles. The van der Waals surface area contributed by atoms with Crippen molar-refractivity contribution in [2.24, 2.45) is 0 Å². The quantitative estimate of drug-likeness (QED) is 0.437. The van der Waals surface area contributed by atoms with Crippen molar-refractivity contribution in [3.8, 4) is 0 Å². The molecule has 0 spiro atoms. The largest absolute Gasteiger partial charge is 0.416 e. The van der Waals surface area contributed by atoms with E-state index in [2.05, 4.69) is 29.6 Å². The number of nitrogens with zero attached hydrogens (tertiary/aromatic N) is 3. The first-order valence-corrected chi connectivity index (χ1v) is 13.5. The number of aromatic amines is 1. The number of aromatic nitrogens is 4. The summed E-state index contributed by atoms with van der Waals surface area (Å²) in [5, 5.41) is -0.00145. The van der Waals surface area contributed by atoms with Crippen LogP contribution in [0.2, 0.25) is 25.7 Å². The summed E-state index contributed by atoms with van der Waals surface area (Å²) in [7, 11) is -1.21. The average Bonchev–Trinajstić information content (AvgIpc) is 2.99. The van der Waals surface area contributed by atoms with Crippen molar-refractivity contribution in [3.05, 3.63) is 62.3 Å². The Kier molecular flexibility index (Phi) is 6.28. The van der Waals surface area contributed by atoms with Gasteiger partial charge < -0.3 is 9.30 Å². The van der Waals surface area contributed by atoms with Crippen LogP contribution in [-0.4, -0.2) is 33.8 Å². The van der Waals surface area contributed by atoms with Gasteiger partial charge in [0.2, 0.25) is 0 Å². The molecule has 31 heavy (non-hydrogen) atoms. The van der Waals surface area contributed by atoms with Gasteiger partial charge in [0.15, 0.2) is 0 Å². The maximum absolute atomic E-state index is 13.2. The van der Waals surface area contributed by atoms with Crippen LogP contribution in [-0.2, 0) is 24.2 Å². The fourth-order valence-electron chi connectivity index (χ4n) is 3.11. The van der Waals surface area contributed by atoms with Crippen molar-refractivity contribution in [3.63, 3.8) is 0 Å². The lowest BCUT2D eigenvalue weighted by Gasteiger charge is -2.15. The molecule has 1 aromatic carbocycles. The molecule has 0 saturated heterocycles. The third-order valence-corrected chi connectivity index (χ3v) is 6.60. The second-order valence-corrected chi connectivity index (χ2v) is 14.3. The van der Waals surface area contributed by atoms with E-state index < -0.39 is 31.1 Å². The number of hydrogen-bond donors (Lipinski definition) is 1. The minimum absolute atomic E-state index is 0.00145. The number of halogens is 3. The van der Waals surface area contributed by atoms with E-state index in [0.717, 1.165) is 28.8 Å². The maximum Gasteiger partial charge on any atom is 0.416 e. The molecule has 0 aliphatic carbocycles. The molecule has 2 aromatic heterocycles. The molecule has 168 valence electrons. The van der Waals surface area contributed by atoms with E-state index in [1.54, 1.807) is 17.7 Å². The Labute approximate surface area is 177 Å². The van der Waals surface area contributed by atoms with Crippen LogP contribution in [0.4, 0.5) is 13.2 Å². The SMILES string of the molecule is Cc1nc(Cn2c(=O)[nH]c(=O)c3ccc(C(F)(F)F)cc32)cn1COCC[Si](C)(C)C. The summed E-state index contributed by atoms with van der Waals surface area (Å²) < 4.78 is 48.0. The molecule has 7 nitrogen and oxygen atoms in total. The number of benzene rings is 1. The highest BCUT2D eigenvalue weighted by Crippen LogP contribution is 2.30. The van der Waals surface area contributed by atoms with Gasteiger partial charge in [0.1, 0.15) is 12.6 Å². The van der Waals surface area contributed by atoms with Gasteiger partial charge in [-0.2, -0.15) is 13.2 Å². The van der Waals surface area contributed by atoms with Crippen molar-refractivity contribution < 1.29 is 17.9 Å². The third kappa shape index (κ3) is 5.53. The normalized spacial score (nSPS) is 12.6. The van der Waals surface area contributed by atoms with Crippen LogP contribution in [0.15, 0.2) is 34.0 Å². The molecule has 0 amide bonds. The number of hydrogen-bond acceptors (Lipinski definition) is 4. The van der Waals surface area contributed by atoms with Crippen LogP contribution in [0.5, 0.6) is 0 Å². The third-order valence-electron chi connectivity index (χ3n) is 4.90. The highest BCUT2D eigenvalue weighted by molar-refractivity contribution is 6.76. The number of imidazole rings is 1. The Balaban J connectivity index is 1.90. The summed E-state index contributed by atoms with van der Waals surface area (Å²) in [6.45, 7) is 9.39. The molecule has 1 N–H and O–H groups in total. The number of fused-ring (bicyclic) bond motifs is 1. The van der Waals surface area contributed by atoms with E-state index in [9.17, 15) is 22.8 Å². The van der Waals surface area contributed by atoms with Gasteiger partial charge in [-0.3, -0.25) is 14.3 Å². The second kappa shape index (κ2) is 8.46. The van der Waals surface area contributed by atoms with Crippen LogP contribution in [0, 0.1) is 6.92 Å². The second-order valence-electron chi connectivity index (χ2n) is 8.67. The highest BCUT2D eigenvalue weighted by atomic mass is 28.3. The Hall–Kier alpha value is -2.66. The van der Waals surface area contributed by atoms with Gasteiger partial charge in [-0.15, -0.1) is 0 Å². The number of alkyl halides is 3. The van der Waals surface area contributed by atoms with Crippen LogP contribution in [0.3, 0.4) is 0 Å². The van der Waals surface area contributed by atoms with Gasteiger partial charge in [-0.05, 0) is 31.2 Å². The van der Waals surface area contributed by atoms with Gasteiger partial charge in [0.25, 0.3) is 5.56 Å². The highest BCUT2D eigenvalue weighted by Gasteiger charge is 2.31. The first-order chi connectivity index (χ1) is 14.3. The molecular formula is C20H25F3N4O3Si. The van der Waals surface area contributed by atoms with Crippen LogP contribution in [0.1, 0.15) is 17.1 Å². The molecule has 0 aliphatic rings. The van der Waals surface area contributed by atoms with Crippen molar-refractivity contribution in [1.29, 1.82) is 0 Å². The maximum atomic E-state index is 13.2. The molecule has 3 aromatic rings. The van der Waals surface area contributed by atoms with E-state index in [1.165, 1.54) is 0 Å². The topological polar surface area (TPSA) is 81.9 Å². The van der Waals surface area contributed by atoms with Crippen LogP contribution >= 0.6 is 0 Å². The minimum Gasteiger partial charge on any atom is -0.361 e. The Bertz CT molecular complexity index is 1210. The van der Waals surface area contributed by atoms with Crippen molar-refractivity contribution in [1.82, 2.24) is 19.1 Å².